The van der Waals surface area contributed by atoms with Gasteiger partial charge in [0, 0.05) is 10.5 Å². The van der Waals surface area contributed by atoms with Gasteiger partial charge in [0.1, 0.15) is 0 Å². The lowest BCUT2D eigenvalue weighted by Gasteiger charge is -2.05. The molecule has 2 rings (SSSR count). The zero-order valence-electron chi connectivity index (χ0n) is 12.1. The molecule has 21 heavy (non-hydrogen) atoms. The SMILES string of the molecule is CCOC(=O)C=C(C)c1ccc(-c2ccc(Br)cc2)cc1. The quantitative estimate of drug-likeness (QED) is 0.570. The average molecular weight is 345 g/mol. The number of benzene rings is 2. The van der Waals surface area contributed by atoms with E-state index in [2.05, 4.69) is 40.2 Å². The van der Waals surface area contributed by atoms with Gasteiger partial charge in [0.25, 0.3) is 0 Å². The normalized spacial score (nSPS) is 11.3. The number of hydrogen-bond acceptors (Lipinski definition) is 2. The average Bonchev–Trinajstić information content (AvgIpc) is 2.48. The van der Waals surface area contributed by atoms with Crippen LogP contribution in [0.25, 0.3) is 16.7 Å². The predicted molar refractivity (Wildman–Crippen MR) is 89.9 cm³/mol. The van der Waals surface area contributed by atoms with Crippen molar-refractivity contribution < 1.29 is 9.53 Å². The smallest absolute Gasteiger partial charge is 0.331 e. The summed E-state index contributed by atoms with van der Waals surface area (Å²) in [6.45, 7) is 4.10. The molecule has 108 valence electrons. The fourth-order valence-corrected chi connectivity index (χ4v) is 2.28. The molecule has 0 fully saturated rings. The molecule has 0 N–H and O–H groups in total. The van der Waals surface area contributed by atoms with Gasteiger partial charge in [0.05, 0.1) is 6.61 Å². The first kappa shape index (κ1) is 15.5. The van der Waals surface area contributed by atoms with Crippen LogP contribution in [0.3, 0.4) is 0 Å². The third-order valence-electron chi connectivity index (χ3n) is 3.14. The number of hydrogen-bond donors (Lipinski definition) is 0. The Morgan fingerprint density at radius 3 is 2.10 bits per heavy atom. The minimum atomic E-state index is -0.299. The first-order valence-electron chi connectivity index (χ1n) is 6.81. The van der Waals surface area contributed by atoms with Gasteiger partial charge < -0.3 is 4.74 Å². The second-order valence-electron chi connectivity index (χ2n) is 4.66. The van der Waals surface area contributed by atoms with Gasteiger partial charge in [-0.25, -0.2) is 4.79 Å². The molecule has 0 unspecified atom stereocenters. The summed E-state index contributed by atoms with van der Waals surface area (Å²) < 4.78 is 5.98. The molecule has 0 saturated heterocycles. The minimum Gasteiger partial charge on any atom is -0.463 e. The van der Waals surface area contributed by atoms with Crippen molar-refractivity contribution in [2.75, 3.05) is 6.61 Å². The summed E-state index contributed by atoms with van der Waals surface area (Å²) in [5.41, 5.74) is 4.23. The van der Waals surface area contributed by atoms with E-state index in [9.17, 15) is 4.79 Å². The summed E-state index contributed by atoms with van der Waals surface area (Å²) in [6.07, 6.45) is 1.53. The van der Waals surface area contributed by atoms with E-state index < -0.39 is 0 Å². The molecule has 0 spiro atoms. The van der Waals surface area contributed by atoms with Gasteiger partial charge in [-0.3, -0.25) is 0 Å². The molecule has 0 amide bonds. The highest BCUT2D eigenvalue weighted by Crippen LogP contribution is 2.24. The number of esters is 1. The fraction of sp³-hybridized carbons (Fsp3) is 0.167. The van der Waals surface area contributed by atoms with E-state index in [1.165, 1.54) is 6.08 Å². The molecule has 0 aliphatic rings. The molecular formula is C18H17BrO2. The van der Waals surface area contributed by atoms with Crippen LogP contribution >= 0.6 is 15.9 Å². The van der Waals surface area contributed by atoms with Crippen LogP contribution in [-0.4, -0.2) is 12.6 Å². The Balaban J connectivity index is 2.19. The number of carbonyl (C=O) groups is 1. The van der Waals surface area contributed by atoms with Crippen LogP contribution in [0.4, 0.5) is 0 Å². The van der Waals surface area contributed by atoms with Crippen LogP contribution in [0.5, 0.6) is 0 Å². The second kappa shape index (κ2) is 7.23. The lowest BCUT2D eigenvalue weighted by atomic mass is 10.0. The van der Waals surface area contributed by atoms with E-state index >= 15 is 0 Å². The highest BCUT2D eigenvalue weighted by atomic mass is 79.9. The predicted octanol–water partition coefficient (Wildman–Crippen LogP) is 5.08. The monoisotopic (exact) mass is 344 g/mol. The summed E-state index contributed by atoms with van der Waals surface area (Å²) in [6, 6.07) is 16.3. The molecule has 0 atom stereocenters. The van der Waals surface area contributed by atoms with Crippen molar-refractivity contribution in [3.8, 4) is 11.1 Å². The number of carbonyl (C=O) groups excluding carboxylic acids is 1. The Hall–Kier alpha value is -1.87. The van der Waals surface area contributed by atoms with Crippen molar-refractivity contribution in [1.29, 1.82) is 0 Å². The van der Waals surface area contributed by atoms with Crippen molar-refractivity contribution in [2.24, 2.45) is 0 Å². The largest absolute Gasteiger partial charge is 0.463 e. The highest BCUT2D eigenvalue weighted by Gasteiger charge is 2.02. The van der Waals surface area contributed by atoms with Crippen LogP contribution < -0.4 is 0 Å². The molecule has 2 aromatic rings. The van der Waals surface area contributed by atoms with E-state index in [0.717, 1.165) is 26.7 Å². The van der Waals surface area contributed by atoms with Gasteiger partial charge in [-0.2, -0.15) is 0 Å². The maximum Gasteiger partial charge on any atom is 0.331 e. The Bertz CT molecular complexity index is 640. The fourth-order valence-electron chi connectivity index (χ4n) is 2.01. The minimum absolute atomic E-state index is 0.299. The Labute approximate surface area is 133 Å². The van der Waals surface area contributed by atoms with Crippen LogP contribution in [0, 0.1) is 0 Å². The summed E-state index contributed by atoms with van der Waals surface area (Å²) in [5.74, 6) is -0.299. The van der Waals surface area contributed by atoms with Crippen LogP contribution in [0.1, 0.15) is 19.4 Å². The summed E-state index contributed by atoms with van der Waals surface area (Å²) >= 11 is 3.43. The number of ether oxygens (including phenoxy) is 1. The van der Waals surface area contributed by atoms with E-state index in [-0.39, 0.29) is 5.97 Å². The van der Waals surface area contributed by atoms with Crippen molar-refractivity contribution in [3.63, 3.8) is 0 Å². The third kappa shape index (κ3) is 4.30. The van der Waals surface area contributed by atoms with Crippen molar-refractivity contribution in [3.05, 3.63) is 64.6 Å². The van der Waals surface area contributed by atoms with E-state index in [4.69, 9.17) is 4.74 Å². The van der Waals surface area contributed by atoms with E-state index in [1.54, 1.807) is 6.92 Å². The first-order valence-corrected chi connectivity index (χ1v) is 7.61. The molecule has 0 bridgehead atoms. The topological polar surface area (TPSA) is 26.3 Å². The summed E-state index contributed by atoms with van der Waals surface area (Å²) in [4.78, 5) is 11.4. The third-order valence-corrected chi connectivity index (χ3v) is 3.67. The number of allylic oxidation sites excluding steroid dienone is 1. The van der Waals surface area contributed by atoms with Crippen molar-refractivity contribution in [2.45, 2.75) is 13.8 Å². The molecular weight excluding hydrogens is 328 g/mol. The maximum atomic E-state index is 11.4. The van der Waals surface area contributed by atoms with E-state index in [0.29, 0.717) is 6.61 Å². The van der Waals surface area contributed by atoms with Crippen molar-refractivity contribution in [1.82, 2.24) is 0 Å². The lowest BCUT2D eigenvalue weighted by molar-refractivity contribution is -0.137. The second-order valence-corrected chi connectivity index (χ2v) is 5.58. The molecule has 3 heteroatoms. The van der Waals surface area contributed by atoms with Gasteiger partial charge >= 0.3 is 5.97 Å². The molecule has 2 nitrogen and oxygen atoms in total. The van der Waals surface area contributed by atoms with Crippen molar-refractivity contribution >= 4 is 27.5 Å². The molecule has 0 heterocycles. The molecule has 0 aliphatic heterocycles. The van der Waals surface area contributed by atoms with Gasteiger partial charge in [0.15, 0.2) is 0 Å². The standard InChI is InChI=1S/C18H17BrO2/c1-3-21-18(20)12-13(2)14-4-6-15(7-5-14)16-8-10-17(19)11-9-16/h4-12H,3H2,1-2H3. The summed E-state index contributed by atoms with van der Waals surface area (Å²) in [7, 11) is 0. The van der Waals surface area contributed by atoms with Gasteiger partial charge in [0.2, 0.25) is 0 Å². The van der Waals surface area contributed by atoms with Crippen LogP contribution in [-0.2, 0) is 9.53 Å². The molecule has 2 aromatic carbocycles. The highest BCUT2D eigenvalue weighted by molar-refractivity contribution is 9.10. The summed E-state index contributed by atoms with van der Waals surface area (Å²) in [5, 5.41) is 0. The zero-order chi connectivity index (χ0) is 15.2. The van der Waals surface area contributed by atoms with Crippen LogP contribution in [0.2, 0.25) is 0 Å². The molecule has 0 radical (unpaired) electrons. The Morgan fingerprint density at radius 1 is 1.05 bits per heavy atom. The lowest BCUT2D eigenvalue weighted by Crippen LogP contribution is -2.00. The first-order chi connectivity index (χ1) is 10.1. The van der Waals surface area contributed by atoms with Crippen LogP contribution in [0.15, 0.2) is 59.1 Å². The van der Waals surface area contributed by atoms with Gasteiger partial charge in [-0.1, -0.05) is 52.3 Å². The molecule has 0 aromatic heterocycles. The molecule has 0 saturated carbocycles. The Kier molecular flexibility index (Phi) is 5.34. The maximum absolute atomic E-state index is 11.4. The zero-order valence-corrected chi connectivity index (χ0v) is 13.7. The van der Waals surface area contributed by atoms with E-state index in [1.807, 2.05) is 31.2 Å². The Morgan fingerprint density at radius 2 is 1.57 bits per heavy atom. The van der Waals surface area contributed by atoms with Gasteiger partial charge in [-0.15, -0.1) is 0 Å². The number of halogens is 1. The number of rotatable bonds is 4. The van der Waals surface area contributed by atoms with Gasteiger partial charge in [-0.05, 0) is 48.2 Å². The molecule has 0 aliphatic carbocycles.